The molecular formula is C5H6N4O. The van der Waals surface area contributed by atoms with Crippen LogP contribution in [0.2, 0.25) is 0 Å². The number of carbonyl (C=O) groups excluding carboxylic acids is 1. The minimum atomic E-state index is 0.275. The number of aldehydes is 1. The van der Waals surface area contributed by atoms with Gasteiger partial charge >= 0.3 is 0 Å². The summed E-state index contributed by atoms with van der Waals surface area (Å²) in [5.74, 6) is 0.275. The van der Waals surface area contributed by atoms with Crippen molar-refractivity contribution >= 4 is 18.8 Å². The molecule has 0 unspecified atom stereocenters. The Bertz CT molecular complexity index is 265. The van der Waals surface area contributed by atoms with Gasteiger partial charge < -0.3 is 0 Å². The van der Waals surface area contributed by atoms with Gasteiger partial charge in [0.15, 0.2) is 6.29 Å². The van der Waals surface area contributed by atoms with E-state index in [0.717, 1.165) is 0 Å². The Labute approximate surface area is 57.4 Å². The van der Waals surface area contributed by atoms with Crippen LogP contribution in [0, 0.1) is 0 Å². The molecule has 52 valence electrons. The molecule has 0 atom stereocenters. The Morgan fingerprint density at radius 2 is 2.50 bits per heavy atom. The van der Waals surface area contributed by atoms with E-state index in [1.807, 2.05) is 0 Å². The Morgan fingerprint density at radius 1 is 1.80 bits per heavy atom. The highest BCUT2D eigenvalue weighted by Crippen LogP contribution is 2.09. The van der Waals surface area contributed by atoms with E-state index in [9.17, 15) is 4.79 Å². The molecule has 5 nitrogen and oxygen atoms in total. The van der Waals surface area contributed by atoms with Crippen LogP contribution in [0.3, 0.4) is 0 Å². The zero-order valence-corrected chi connectivity index (χ0v) is 5.48. The van der Waals surface area contributed by atoms with Crippen molar-refractivity contribution in [2.75, 3.05) is 0 Å². The van der Waals surface area contributed by atoms with Crippen LogP contribution in [0.25, 0.3) is 0 Å². The molecule has 0 spiro atoms. The lowest BCUT2D eigenvalue weighted by Gasteiger charge is -1.86. The summed E-state index contributed by atoms with van der Waals surface area (Å²) in [5.41, 5.74) is 0.343. The van der Waals surface area contributed by atoms with E-state index in [0.29, 0.717) is 12.0 Å². The second-order valence-electron chi connectivity index (χ2n) is 1.70. The van der Waals surface area contributed by atoms with Gasteiger partial charge in [-0.15, -0.1) is 5.10 Å². The second kappa shape index (κ2) is 2.38. The highest BCUT2D eigenvalue weighted by Gasteiger charge is 2.05. The molecular weight excluding hydrogens is 132 g/mol. The van der Waals surface area contributed by atoms with Crippen LogP contribution >= 0.6 is 0 Å². The minimum Gasteiger partial charge on any atom is -0.296 e. The van der Waals surface area contributed by atoms with Gasteiger partial charge in [0.05, 0.1) is 0 Å². The quantitative estimate of drug-likeness (QED) is 0.425. The van der Waals surface area contributed by atoms with Crippen LogP contribution in [0.5, 0.6) is 0 Å². The summed E-state index contributed by atoms with van der Waals surface area (Å²) in [7, 11) is 1.62. The molecule has 0 saturated carbocycles. The molecule has 1 aromatic rings. The SMILES string of the molecule is C=Nc1nnn(C)c1C=O. The largest absolute Gasteiger partial charge is 0.296 e. The molecule has 0 aliphatic heterocycles. The van der Waals surface area contributed by atoms with Crippen LogP contribution in [-0.4, -0.2) is 28.0 Å². The van der Waals surface area contributed by atoms with Crippen molar-refractivity contribution in [3.05, 3.63) is 5.69 Å². The number of hydrogen-bond acceptors (Lipinski definition) is 4. The summed E-state index contributed by atoms with van der Waals surface area (Å²) in [5, 5.41) is 7.12. The van der Waals surface area contributed by atoms with Gasteiger partial charge in [-0.25, -0.2) is 9.67 Å². The number of hydrogen-bond donors (Lipinski definition) is 0. The summed E-state index contributed by atoms with van der Waals surface area (Å²) in [6.07, 6.45) is 0.643. The average Bonchev–Trinajstić information content (AvgIpc) is 2.30. The van der Waals surface area contributed by atoms with Gasteiger partial charge in [0.25, 0.3) is 0 Å². The maximum Gasteiger partial charge on any atom is 0.204 e. The van der Waals surface area contributed by atoms with Gasteiger partial charge in [0.2, 0.25) is 5.82 Å². The fourth-order valence-corrected chi connectivity index (χ4v) is 0.595. The first-order valence-corrected chi connectivity index (χ1v) is 2.61. The smallest absolute Gasteiger partial charge is 0.204 e. The maximum absolute atomic E-state index is 10.3. The molecule has 10 heavy (non-hydrogen) atoms. The van der Waals surface area contributed by atoms with Crippen LogP contribution in [0.15, 0.2) is 4.99 Å². The molecule has 5 heteroatoms. The summed E-state index contributed by atoms with van der Waals surface area (Å²) in [4.78, 5) is 13.8. The summed E-state index contributed by atoms with van der Waals surface area (Å²) < 4.78 is 1.34. The van der Waals surface area contributed by atoms with E-state index in [1.165, 1.54) is 4.68 Å². The summed E-state index contributed by atoms with van der Waals surface area (Å²) in [6, 6.07) is 0. The fourth-order valence-electron chi connectivity index (χ4n) is 0.595. The Hall–Kier alpha value is -1.52. The topological polar surface area (TPSA) is 60.1 Å². The molecule has 0 aliphatic carbocycles. The third-order valence-corrected chi connectivity index (χ3v) is 1.11. The molecule has 0 aliphatic rings. The van der Waals surface area contributed by atoms with E-state index < -0.39 is 0 Å². The van der Waals surface area contributed by atoms with E-state index in [4.69, 9.17) is 0 Å². The Kier molecular flexibility index (Phi) is 1.57. The lowest BCUT2D eigenvalue weighted by Crippen LogP contribution is -1.95. The van der Waals surface area contributed by atoms with Gasteiger partial charge in [-0.05, 0) is 6.72 Å². The van der Waals surface area contributed by atoms with E-state index >= 15 is 0 Å². The van der Waals surface area contributed by atoms with Crippen molar-refractivity contribution in [1.29, 1.82) is 0 Å². The molecule has 1 rings (SSSR count). The molecule has 0 N–H and O–H groups in total. The molecule has 0 aromatic carbocycles. The first kappa shape index (κ1) is 6.60. The van der Waals surface area contributed by atoms with E-state index in [2.05, 4.69) is 22.0 Å². The number of nitrogens with zero attached hydrogens (tertiary/aromatic N) is 4. The van der Waals surface area contributed by atoms with Crippen LogP contribution in [0.1, 0.15) is 10.5 Å². The number of carbonyl (C=O) groups is 1. The number of aryl methyl sites for hydroxylation is 1. The van der Waals surface area contributed by atoms with Gasteiger partial charge in [0.1, 0.15) is 5.69 Å². The standard InChI is InChI=1S/C5H6N4O/c1-6-5-4(3-10)9(2)8-7-5/h3H,1H2,2H3. The summed E-state index contributed by atoms with van der Waals surface area (Å²) >= 11 is 0. The molecule has 0 bridgehead atoms. The highest BCUT2D eigenvalue weighted by molar-refractivity contribution is 5.78. The van der Waals surface area contributed by atoms with Crippen molar-refractivity contribution in [2.24, 2.45) is 12.0 Å². The zero-order valence-electron chi connectivity index (χ0n) is 5.48. The lowest BCUT2D eigenvalue weighted by atomic mass is 10.5. The van der Waals surface area contributed by atoms with Gasteiger partial charge in [-0.3, -0.25) is 4.79 Å². The molecule has 0 amide bonds. The first-order chi connectivity index (χ1) is 4.79. The monoisotopic (exact) mass is 138 g/mol. The van der Waals surface area contributed by atoms with Gasteiger partial charge in [-0.2, -0.15) is 0 Å². The third kappa shape index (κ3) is 0.812. The van der Waals surface area contributed by atoms with Crippen molar-refractivity contribution in [1.82, 2.24) is 15.0 Å². The van der Waals surface area contributed by atoms with Gasteiger partial charge in [-0.1, -0.05) is 5.21 Å². The van der Waals surface area contributed by atoms with Crippen molar-refractivity contribution < 1.29 is 4.79 Å². The molecule has 0 radical (unpaired) electrons. The van der Waals surface area contributed by atoms with Gasteiger partial charge in [0, 0.05) is 7.05 Å². The van der Waals surface area contributed by atoms with Crippen molar-refractivity contribution in [3.8, 4) is 0 Å². The molecule has 0 saturated heterocycles. The van der Waals surface area contributed by atoms with Crippen LogP contribution in [-0.2, 0) is 7.05 Å². The van der Waals surface area contributed by atoms with Crippen molar-refractivity contribution in [3.63, 3.8) is 0 Å². The number of aliphatic imine (C=N–C) groups is 1. The average molecular weight is 138 g/mol. The molecule has 1 heterocycles. The lowest BCUT2D eigenvalue weighted by molar-refractivity contribution is 0.111. The number of aromatic nitrogens is 3. The summed E-state index contributed by atoms with van der Waals surface area (Å²) in [6.45, 7) is 3.23. The third-order valence-electron chi connectivity index (χ3n) is 1.11. The highest BCUT2D eigenvalue weighted by atomic mass is 16.1. The van der Waals surface area contributed by atoms with E-state index in [1.54, 1.807) is 7.05 Å². The second-order valence-corrected chi connectivity index (χ2v) is 1.70. The predicted octanol–water partition coefficient (Wildman–Crippen LogP) is -0.0403. The van der Waals surface area contributed by atoms with Crippen LogP contribution in [0.4, 0.5) is 5.82 Å². The molecule has 1 aromatic heterocycles. The van der Waals surface area contributed by atoms with Crippen molar-refractivity contribution in [2.45, 2.75) is 0 Å². The fraction of sp³-hybridized carbons (Fsp3) is 0.200. The normalized spacial score (nSPS) is 9.30. The first-order valence-electron chi connectivity index (χ1n) is 2.61. The van der Waals surface area contributed by atoms with E-state index in [-0.39, 0.29) is 5.82 Å². The number of rotatable bonds is 2. The zero-order chi connectivity index (χ0) is 7.56. The predicted molar refractivity (Wildman–Crippen MR) is 35.6 cm³/mol. The molecule has 0 fully saturated rings. The maximum atomic E-state index is 10.3. The Balaban J connectivity index is 3.25. The van der Waals surface area contributed by atoms with Crippen LogP contribution < -0.4 is 0 Å². The Morgan fingerprint density at radius 3 is 2.90 bits per heavy atom. The minimum absolute atomic E-state index is 0.275.